The van der Waals surface area contributed by atoms with E-state index in [1.807, 2.05) is 53.0 Å². The van der Waals surface area contributed by atoms with Gasteiger partial charge in [0.1, 0.15) is 6.33 Å². The van der Waals surface area contributed by atoms with E-state index in [-0.39, 0.29) is 6.23 Å². The fourth-order valence-corrected chi connectivity index (χ4v) is 2.76. The number of allylic oxidation sites excluding steroid dienone is 1. The summed E-state index contributed by atoms with van der Waals surface area (Å²) in [5.74, 6) is 2.17. The molecule has 1 aliphatic rings. The quantitative estimate of drug-likeness (QED) is 0.615. The van der Waals surface area contributed by atoms with Crippen LogP contribution in [0.3, 0.4) is 0 Å². The summed E-state index contributed by atoms with van der Waals surface area (Å²) >= 11 is 0. The van der Waals surface area contributed by atoms with E-state index in [4.69, 9.17) is 9.47 Å². The minimum Gasteiger partial charge on any atom is -0.476 e. The lowest BCUT2D eigenvalue weighted by molar-refractivity contribution is 0.0745. The number of hydrogen-bond donors (Lipinski definition) is 1. The van der Waals surface area contributed by atoms with E-state index in [0.717, 1.165) is 25.1 Å². The maximum absolute atomic E-state index is 5.85. The van der Waals surface area contributed by atoms with Gasteiger partial charge in [-0.1, -0.05) is 62.0 Å². The van der Waals surface area contributed by atoms with Crippen molar-refractivity contribution in [3.63, 3.8) is 0 Å². The van der Waals surface area contributed by atoms with Crippen LogP contribution in [0.15, 0.2) is 18.7 Å². The fourth-order valence-electron chi connectivity index (χ4n) is 2.76. The lowest BCUT2D eigenvalue weighted by atomic mass is 10.1. The molecule has 0 saturated carbocycles. The maximum atomic E-state index is 5.85. The van der Waals surface area contributed by atoms with Gasteiger partial charge in [0.15, 0.2) is 17.4 Å². The average molecular weight is 408 g/mol. The fraction of sp³-hybridized carbons (Fsp3) is 0.682. The Morgan fingerprint density at radius 3 is 2.34 bits per heavy atom. The summed E-state index contributed by atoms with van der Waals surface area (Å²) in [7, 11) is 0. The average Bonchev–Trinajstić information content (AvgIpc) is 3.33. The highest BCUT2D eigenvalue weighted by Gasteiger charge is 2.31. The van der Waals surface area contributed by atoms with Crippen molar-refractivity contribution >= 4 is 17.1 Å². The monoisotopic (exact) mass is 407 g/mol. The topological polar surface area (TPSA) is 74.1 Å². The minimum absolute atomic E-state index is 0.143. The number of nitrogens with one attached hydrogen (secondary N) is 1. The molecule has 0 spiro atoms. The third-order valence-electron chi connectivity index (χ3n) is 3.80. The SMILES string of the molecule is C=C1CC(C)C(n2cnc3c(OCC)nc(NCCC)nc32)O1.CC.CC.CC. The molecule has 3 rings (SSSR count). The van der Waals surface area contributed by atoms with Crippen LogP contribution in [0.1, 0.15) is 81.4 Å². The molecule has 1 fully saturated rings. The molecule has 1 N–H and O–H groups in total. The Bertz CT molecular complexity index is 715. The highest BCUT2D eigenvalue weighted by molar-refractivity contribution is 5.78. The zero-order chi connectivity index (χ0) is 22.4. The van der Waals surface area contributed by atoms with Gasteiger partial charge in [0, 0.05) is 18.9 Å². The first-order valence-corrected chi connectivity index (χ1v) is 11.1. The number of rotatable bonds is 6. The summed E-state index contributed by atoms with van der Waals surface area (Å²) in [6.07, 6.45) is 3.43. The molecule has 0 amide bonds. The van der Waals surface area contributed by atoms with Crippen LogP contribution in [-0.2, 0) is 4.74 Å². The van der Waals surface area contributed by atoms with Crippen LogP contribution in [0.4, 0.5) is 5.95 Å². The lowest BCUT2D eigenvalue weighted by Gasteiger charge is -2.17. The Morgan fingerprint density at radius 1 is 1.17 bits per heavy atom. The van der Waals surface area contributed by atoms with Gasteiger partial charge in [0.05, 0.1) is 12.4 Å². The molecular weight excluding hydrogens is 366 g/mol. The molecule has 3 heterocycles. The van der Waals surface area contributed by atoms with Crippen molar-refractivity contribution in [3.8, 4) is 5.88 Å². The second-order valence-corrected chi connectivity index (χ2v) is 5.76. The lowest BCUT2D eigenvalue weighted by Crippen LogP contribution is -2.14. The largest absolute Gasteiger partial charge is 0.476 e. The molecule has 0 aliphatic carbocycles. The van der Waals surface area contributed by atoms with Crippen molar-refractivity contribution in [1.82, 2.24) is 19.5 Å². The number of fused-ring (bicyclic) bond motifs is 1. The van der Waals surface area contributed by atoms with Gasteiger partial charge in [-0.3, -0.25) is 4.57 Å². The summed E-state index contributed by atoms with van der Waals surface area (Å²) in [4.78, 5) is 13.5. The number of nitrogens with zero attached hydrogens (tertiary/aromatic N) is 4. The Kier molecular flexibility index (Phi) is 13.5. The van der Waals surface area contributed by atoms with Crippen LogP contribution in [0.5, 0.6) is 5.88 Å². The standard InChI is InChI=1S/C16H23N5O2.3C2H6/c1-5-7-17-16-19-13-12(14(20-16)22-6-2)18-9-21(13)15-10(3)8-11(4)23-15;3*1-2/h9-10,15H,4-8H2,1-3H3,(H,17,19,20);3*1-2H3. The first-order chi connectivity index (χ1) is 14.1. The van der Waals surface area contributed by atoms with E-state index >= 15 is 0 Å². The van der Waals surface area contributed by atoms with Gasteiger partial charge in [-0.2, -0.15) is 9.97 Å². The van der Waals surface area contributed by atoms with E-state index < -0.39 is 0 Å². The Morgan fingerprint density at radius 2 is 1.83 bits per heavy atom. The Labute approximate surface area is 176 Å². The molecule has 7 nitrogen and oxygen atoms in total. The number of ether oxygens (including phenoxy) is 2. The zero-order valence-corrected chi connectivity index (χ0v) is 19.9. The molecule has 0 bridgehead atoms. The van der Waals surface area contributed by atoms with E-state index in [9.17, 15) is 0 Å². The molecule has 2 aromatic rings. The molecule has 2 atom stereocenters. The second kappa shape index (κ2) is 14.7. The van der Waals surface area contributed by atoms with Crippen LogP contribution in [0, 0.1) is 5.92 Å². The van der Waals surface area contributed by atoms with Crippen LogP contribution in [0.25, 0.3) is 11.2 Å². The molecule has 1 aliphatic heterocycles. The van der Waals surface area contributed by atoms with Crippen molar-refractivity contribution in [2.75, 3.05) is 18.5 Å². The highest BCUT2D eigenvalue weighted by Crippen LogP contribution is 2.37. The summed E-state index contributed by atoms with van der Waals surface area (Å²) in [5, 5.41) is 3.21. The molecule has 0 radical (unpaired) electrons. The van der Waals surface area contributed by atoms with Crippen molar-refractivity contribution in [3.05, 3.63) is 18.7 Å². The number of imidazole rings is 1. The summed E-state index contributed by atoms with van der Waals surface area (Å²) in [6.45, 7) is 23.4. The van der Waals surface area contributed by atoms with E-state index in [1.165, 1.54) is 0 Å². The number of anilines is 1. The normalized spacial score (nSPS) is 17.1. The molecule has 29 heavy (non-hydrogen) atoms. The van der Waals surface area contributed by atoms with Crippen molar-refractivity contribution in [2.24, 2.45) is 5.92 Å². The summed E-state index contributed by atoms with van der Waals surface area (Å²) in [5.41, 5.74) is 1.37. The minimum atomic E-state index is -0.143. The molecule has 166 valence electrons. The summed E-state index contributed by atoms with van der Waals surface area (Å²) < 4.78 is 13.4. The highest BCUT2D eigenvalue weighted by atomic mass is 16.5. The number of aromatic nitrogens is 4. The van der Waals surface area contributed by atoms with Gasteiger partial charge in [-0.25, -0.2) is 4.98 Å². The maximum Gasteiger partial charge on any atom is 0.247 e. The van der Waals surface area contributed by atoms with E-state index in [1.54, 1.807) is 6.33 Å². The van der Waals surface area contributed by atoms with Crippen LogP contribution < -0.4 is 10.1 Å². The van der Waals surface area contributed by atoms with E-state index in [0.29, 0.717) is 35.5 Å². The molecule has 0 aromatic carbocycles. The number of hydrogen-bond acceptors (Lipinski definition) is 6. The third kappa shape index (κ3) is 6.91. The Hall–Kier alpha value is -2.31. The van der Waals surface area contributed by atoms with Crippen molar-refractivity contribution in [1.29, 1.82) is 0 Å². The summed E-state index contributed by atoms with van der Waals surface area (Å²) in [6, 6.07) is 0. The van der Waals surface area contributed by atoms with Crippen molar-refractivity contribution in [2.45, 2.75) is 81.4 Å². The van der Waals surface area contributed by atoms with Gasteiger partial charge in [-0.15, -0.1) is 0 Å². The first-order valence-electron chi connectivity index (χ1n) is 11.1. The zero-order valence-electron chi connectivity index (χ0n) is 19.9. The molecule has 7 heteroatoms. The third-order valence-corrected chi connectivity index (χ3v) is 3.80. The van der Waals surface area contributed by atoms with Crippen LogP contribution in [-0.4, -0.2) is 32.7 Å². The van der Waals surface area contributed by atoms with Crippen molar-refractivity contribution < 1.29 is 9.47 Å². The Balaban J connectivity index is 0.00000120. The molecule has 1 saturated heterocycles. The van der Waals surface area contributed by atoms with E-state index in [2.05, 4.69) is 40.7 Å². The predicted octanol–water partition coefficient (Wildman–Crippen LogP) is 6.19. The predicted molar refractivity (Wildman–Crippen MR) is 122 cm³/mol. The smallest absolute Gasteiger partial charge is 0.247 e. The molecule has 2 aromatic heterocycles. The molecular formula is C22H41N5O2. The molecule has 2 unspecified atom stereocenters. The van der Waals surface area contributed by atoms with Gasteiger partial charge in [0.2, 0.25) is 11.8 Å². The first kappa shape index (κ1) is 26.7. The van der Waals surface area contributed by atoms with Gasteiger partial charge < -0.3 is 14.8 Å². The van der Waals surface area contributed by atoms with Gasteiger partial charge in [0.25, 0.3) is 0 Å². The van der Waals surface area contributed by atoms with Gasteiger partial charge in [-0.05, 0) is 13.3 Å². The van der Waals surface area contributed by atoms with Gasteiger partial charge >= 0.3 is 0 Å². The van der Waals surface area contributed by atoms with Crippen LogP contribution >= 0.6 is 0 Å². The van der Waals surface area contributed by atoms with Crippen LogP contribution in [0.2, 0.25) is 0 Å². The second-order valence-electron chi connectivity index (χ2n) is 5.76.